The summed E-state index contributed by atoms with van der Waals surface area (Å²) in [6.07, 6.45) is 1.32. The van der Waals surface area contributed by atoms with E-state index in [0.717, 1.165) is 5.56 Å². The van der Waals surface area contributed by atoms with Crippen LogP contribution in [0.4, 0.5) is 0 Å². The lowest BCUT2D eigenvalue weighted by Gasteiger charge is -2.34. The second kappa shape index (κ2) is 8.97. The molecule has 1 aliphatic rings. The van der Waals surface area contributed by atoms with Crippen LogP contribution in [0.2, 0.25) is 0 Å². The van der Waals surface area contributed by atoms with E-state index in [9.17, 15) is 9.59 Å². The quantitative estimate of drug-likeness (QED) is 0.783. The van der Waals surface area contributed by atoms with Gasteiger partial charge in [-0.15, -0.1) is 0 Å². The minimum absolute atomic E-state index is 0.0124. The Hall–Kier alpha value is -1.92. The molecule has 1 aromatic carbocycles. The maximum atomic E-state index is 12.6. The summed E-state index contributed by atoms with van der Waals surface area (Å²) in [6.45, 7) is 7.24. The number of ether oxygens (including phenoxy) is 1. The Morgan fingerprint density at radius 3 is 2.28 bits per heavy atom. The van der Waals surface area contributed by atoms with Gasteiger partial charge in [-0.1, -0.05) is 12.1 Å². The average molecular weight is 347 g/mol. The van der Waals surface area contributed by atoms with Gasteiger partial charge in [0.15, 0.2) is 0 Å². The lowest BCUT2D eigenvalue weighted by molar-refractivity contribution is -0.136. The third-order valence-corrected chi connectivity index (χ3v) is 5.03. The van der Waals surface area contributed by atoms with Gasteiger partial charge < -0.3 is 20.7 Å². The zero-order valence-corrected chi connectivity index (χ0v) is 15.2. The first-order chi connectivity index (χ1) is 12.1. The van der Waals surface area contributed by atoms with Crippen molar-refractivity contribution in [2.75, 3.05) is 32.8 Å². The van der Waals surface area contributed by atoms with Gasteiger partial charge in [0.25, 0.3) is 5.91 Å². The first-order valence-corrected chi connectivity index (χ1v) is 9.00. The number of nitrogens with two attached hydrogens (primary N) is 1. The fourth-order valence-electron chi connectivity index (χ4n) is 3.11. The molecule has 0 atom stereocenters. The molecule has 0 bridgehead atoms. The molecule has 2 rings (SSSR count). The highest BCUT2D eigenvalue weighted by atomic mass is 16.5. The van der Waals surface area contributed by atoms with Crippen LogP contribution in [0.1, 0.15) is 42.6 Å². The highest BCUT2D eigenvalue weighted by Crippen LogP contribution is 2.29. The minimum Gasteiger partial charge on any atom is -0.381 e. The molecule has 0 aliphatic carbocycles. The number of hydrogen-bond acceptors (Lipinski definition) is 4. The van der Waals surface area contributed by atoms with Gasteiger partial charge in [-0.3, -0.25) is 9.59 Å². The molecule has 1 heterocycles. The van der Waals surface area contributed by atoms with Gasteiger partial charge in [-0.2, -0.15) is 0 Å². The molecule has 0 spiro atoms. The first-order valence-electron chi connectivity index (χ1n) is 9.00. The minimum atomic E-state index is -0.517. The zero-order chi connectivity index (χ0) is 18.3. The first kappa shape index (κ1) is 19.4. The molecular weight excluding hydrogens is 318 g/mol. The molecule has 6 nitrogen and oxygen atoms in total. The SMILES string of the molecule is CCN(CC)C(=O)c1ccc(CNC(=O)C2(CN)CCOCC2)cc1. The number of carbonyl (C=O) groups excluding carboxylic acids is 2. The van der Waals surface area contributed by atoms with Crippen LogP contribution >= 0.6 is 0 Å². The van der Waals surface area contributed by atoms with E-state index in [1.54, 1.807) is 4.90 Å². The fourth-order valence-corrected chi connectivity index (χ4v) is 3.11. The standard InChI is InChI=1S/C19H29N3O3/c1-3-22(4-2)17(23)16-7-5-15(6-8-16)13-21-18(24)19(14-20)9-11-25-12-10-19/h5-8H,3-4,9-14,20H2,1-2H3,(H,21,24). The molecule has 1 aliphatic heterocycles. The molecule has 138 valence electrons. The molecule has 1 aromatic rings. The lowest BCUT2D eigenvalue weighted by Crippen LogP contribution is -2.48. The van der Waals surface area contributed by atoms with Crippen LogP contribution in [0.15, 0.2) is 24.3 Å². The second-order valence-corrected chi connectivity index (χ2v) is 6.45. The Kier molecular flexibility index (Phi) is 6.96. The summed E-state index contributed by atoms with van der Waals surface area (Å²) in [7, 11) is 0. The van der Waals surface area contributed by atoms with Crippen LogP contribution < -0.4 is 11.1 Å². The van der Waals surface area contributed by atoms with Crippen molar-refractivity contribution in [1.29, 1.82) is 0 Å². The molecule has 6 heteroatoms. The number of nitrogens with zero attached hydrogens (tertiary/aromatic N) is 1. The summed E-state index contributed by atoms with van der Waals surface area (Å²) < 4.78 is 5.34. The number of amides is 2. The molecule has 1 fully saturated rings. The van der Waals surface area contributed by atoms with E-state index in [1.807, 2.05) is 38.1 Å². The van der Waals surface area contributed by atoms with Crippen molar-refractivity contribution in [1.82, 2.24) is 10.2 Å². The second-order valence-electron chi connectivity index (χ2n) is 6.45. The van der Waals surface area contributed by atoms with Crippen LogP contribution in [0.25, 0.3) is 0 Å². The number of hydrogen-bond donors (Lipinski definition) is 2. The van der Waals surface area contributed by atoms with Crippen molar-refractivity contribution >= 4 is 11.8 Å². The maximum Gasteiger partial charge on any atom is 0.253 e. The van der Waals surface area contributed by atoms with Crippen molar-refractivity contribution in [3.8, 4) is 0 Å². The molecule has 0 unspecified atom stereocenters. The molecule has 0 saturated carbocycles. The summed E-state index contributed by atoms with van der Waals surface area (Å²) in [6, 6.07) is 7.40. The Morgan fingerprint density at radius 1 is 1.16 bits per heavy atom. The number of rotatable bonds is 7. The highest BCUT2D eigenvalue weighted by Gasteiger charge is 2.38. The van der Waals surface area contributed by atoms with Crippen molar-refractivity contribution in [2.45, 2.75) is 33.2 Å². The van der Waals surface area contributed by atoms with Gasteiger partial charge in [0.05, 0.1) is 5.41 Å². The van der Waals surface area contributed by atoms with Crippen LogP contribution in [0.5, 0.6) is 0 Å². The molecule has 0 radical (unpaired) electrons. The largest absolute Gasteiger partial charge is 0.381 e. The van der Waals surface area contributed by atoms with Gasteiger partial charge in [-0.05, 0) is 44.4 Å². The van der Waals surface area contributed by atoms with Gasteiger partial charge in [0.2, 0.25) is 5.91 Å². The molecular formula is C19H29N3O3. The zero-order valence-electron chi connectivity index (χ0n) is 15.2. The van der Waals surface area contributed by atoms with Gasteiger partial charge >= 0.3 is 0 Å². The van der Waals surface area contributed by atoms with E-state index in [2.05, 4.69) is 5.32 Å². The van der Waals surface area contributed by atoms with Crippen molar-refractivity contribution < 1.29 is 14.3 Å². The average Bonchev–Trinajstić information content (AvgIpc) is 2.67. The van der Waals surface area contributed by atoms with Crippen LogP contribution in [-0.4, -0.2) is 49.6 Å². The fraction of sp³-hybridized carbons (Fsp3) is 0.579. The van der Waals surface area contributed by atoms with Gasteiger partial charge in [0.1, 0.15) is 0 Å². The van der Waals surface area contributed by atoms with Crippen LogP contribution in [0, 0.1) is 5.41 Å². The Balaban J connectivity index is 1.95. The smallest absolute Gasteiger partial charge is 0.253 e. The van der Waals surface area contributed by atoms with Crippen molar-refractivity contribution in [2.24, 2.45) is 11.1 Å². The van der Waals surface area contributed by atoms with Gasteiger partial charge in [-0.25, -0.2) is 0 Å². The Labute approximate surface area is 149 Å². The molecule has 1 saturated heterocycles. The molecule has 3 N–H and O–H groups in total. The predicted molar refractivity (Wildman–Crippen MR) is 97.1 cm³/mol. The summed E-state index contributed by atoms with van der Waals surface area (Å²) in [5.74, 6) is 0.0199. The van der Waals surface area contributed by atoms with Gasteiger partial charge in [0, 0.05) is 45.0 Å². The topological polar surface area (TPSA) is 84.7 Å². The predicted octanol–water partition coefficient (Wildman–Crippen LogP) is 1.54. The maximum absolute atomic E-state index is 12.6. The van der Waals surface area contributed by atoms with E-state index in [-0.39, 0.29) is 11.8 Å². The Morgan fingerprint density at radius 2 is 1.76 bits per heavy atom. The molecule has 2 amide bonds. The van der Waals surface area contributed by atoms with E-state index < -0.39 is 5.41 Å². The third kappa shape index (κ3) is 4.58. The Bertz CT molecular complexity index is 576. The highest BCUT2D eigenvalue weighted by molar-refractivity contribution is 5.94. The lowest BCUT2D eigenvalue weighted by atomic mass is 9.79. The number of nitrogens with one attached hydrogen (secondary N) is 1. The van der Waals surface area contributed by atoms with E-state index >= 15 is 0 Å². The summed E-state index contributed by atoms with van der Waals surface area (Å²) in [4.78, 5) is 26.6. The van der Waals surface area contributed by atoms with Crippen LogP contribution in [0.3, 0.4) is 0 Å². The normalized spacial score (nSPS) is 16.3. The molecule has 0 aromatic heterocycles. The summed E-state index contributed by atoms with van der Waals surface area (Å²) >= 11 is 0. The third-order valence-electron chi connectivity index (χ3n) is 5.03. The monoisotopic (exact) mass is 347 g/mol. The van der Waals surface area contributed by atoms with E-state index in [0.29, 0.717) is 57.8 Å². The number of benzene rings is 1. The van der Waals surface area contributed by atoms with Crippen molar-refractivity contribution in [3.05, 3.63) is 35.4 Å². The number of carbonyl (C=O) groups is 2. The van der Waals surface area contributed by atoms with Crippen molar-refractivity contribution in [3.63, 3.8) is 0 Å². The molecule has 25 heavy (non-hydrogen) atoms. The summed E-state index contributed by atoms with van der Waals surface area (Å²) in [5, 5.41) is 2.98. The van der Waals surface area contributed by atoms with E-state index in [4.69, 9.17) is 10.5 Å². The summed E-state index contributed by atoms with van der Waals surface area (Å²) in [5.41, 5.74) is 6.97. The van der Waals surface area contributed by atoms with E-state index in [1.165, 1.54) is 0 Å². The van der Waals surface area contributed by atoms with Crippen LogP contribution in [-0.2, 0) is 16.1 Å².